The number of hydrogen-bond acceptors (Lipinski definition) is 4. The summed E-state index contributed by atoms with van der Waals surface area (Å²) < 4.78 is 5.67. The summed E-state index contributed by atoms with van der Waals surface area (Å²) in [4.78, 5) is 27.7. The number of ether oxygens (including phenoxy) is 1. The Hall–Kier alpha value is -3.67. The van der Waals surface area contributed by atoms with Crippen LogP contribution in [0.4, 0.5) is 11.4 Å². The van der Waals surface area contributed by atoms with Crippen molar-refractivity contribution in [3.63, 3.8) is 0 Å². The number of nitrogens with zero attached hydrogens (tertiary/aromatic N) is 1. The van der Waals surface area contributed by atoms with Crippen LogP contribution < -0.4 is 15.4 Å². The molecular formula is C21H19N3O3. The number of nitrogens with one attached hydrogen (secondary N) is 2. The predicted octanol–water partition coefficient (Wildman–Crippen LogP) is 4.39. The zero-order chi connectivity index (χ0) is 19.2. The summed E-state index contributed by atoms with van der Waals surface area (Å²) in [5.41, 5.74) is 2.66. The van der Waals surface area contributed by atoms with E-state index in [9.17, 15) is 9.59 Å². The van der Waals surface area contributed by atoms with Crippen LogP contribution >= 0.6 is 0 Å². The van der Waals surface area contributed by atoms with Crippen molar-refractivity contribution >= 4 is 23.2 Å². The van der Waals surface area contributed by atoms with Gasteiger partial charge in [-0.05, 0) is 61.0 Å². The van der Waals surface area contributed by atoms with Crippen molar-refractivity contribution in [2.75, 3.05) is 10.6 Å². The fraction of sp³-hybridized carbons (Fsp3) is 0.0952. The predicted molar refractivity (Wildman–Crippen MR) is 104 cm³/mol. The van der Waals surface area contributed by atoms with Gasteiger partial charge in [-0.1, -0.05) is 6.07 Å². The zero-order valence-corrected chi connectivity index (χ0v) is 15.0. The number of anilines is 2. The number of amides is 2. The van der Waals surface area contributed by atoms with Gasteiger partial charge in [-0.25, -0.2) is 0 Å². The SMILES string of the molecule is CC(=O)Nc1ccc(C)c(NC(=O)c2ccc(Oc3cccnc3)cc2)c1. The Labute approximate surface area is 157 Å². The van der Waals surface area contributed by atoms with Crippen LogP contribution in [-0.2, 0) is 4.79 Å². The molecule has 0 spiro atoms. The molecule has 2 amide bonds. The van der Waals surface area contributed by atoms with E-state index in [0.29, 0.717) is 28.4 Å². The van der Waals surface area contributed by atoms with E-state index in [1.807, 2.05) is 13.0 Å². The van der Waals surface area contributed by atoms with Crippen LogP contribution in [0.3, 0.4) is 0 Å². The molecule has 0 aliphatic heterocycles. The number of carbonyl (C=O) groups excluding carboxylic acids is 2. The lowest BCUT2D eigenvalue weighted by Gasteiger charge is -2.11. The second-order valence-corrected chi connectivity index (χ2v) is 5.98. The van der Waals surface area contributed by atoms with Gasteiger partial charge in [-0.15, -0.1) is 0 Å². The third kappa shape index (κ3) is 4.92. The Bertz CT molecular complexity index is 954. The van der Waals surface area contributed by atoms with Crippen LogP contribution in [0.25, 0.3) is 0 Å². The third-order valence-electron chi connectivity index (χ3n) is 3.79. The molecule has 0 bridgehead atoms. The molecule has 0 unspecified atom stereocenters. The summed E-state index contributed by atoms with van der Waals surface area (Å²) in [6.07, 6.45) is 3.29. The number of rotatable bonds is 5. The van der Waals surface area contributed by atoms with Gasteiger partial charge in [0.05, 0.1) is 6.20 Å². The molecule has 0 fully saturated rings. The Morgan fingerprint density at radius 2 is 1.74 bits per heavy atom. The summed E-state index contributed by atoms with van der Waals surface area (Å²) in [6, 6.07) is 15.8. The minimum Gasteiger partial charge on any atom is -0.456 e. The van der Waals surface area contributed by atoms with E-state index in [1.165, 1.54) is 6.92 Å². The van der Waals surface area contributed by atoms with Crippen molar-refractivity contribution in [3.8, 4) is 11.5 Å². The number of pyridine rings is 1. The molecule has 1 aromatic heterocycles. The maximum atomic E-state index is 12.5. The average molecular weight is 361 g/mol. The molecule has 6 heteroatoms. The fourth-order valence-corrected chi connectivity index (χ4v) is 2.45. The van der Waals surface area contributed by atoms with Crippen LogP contribution in [0, 0.1) is 6.92 Å². The molecule has 136 valence electrons. The van der Waals surface area contributed by atoms with E-state index in [1.54, 1.807) is 60.9 Å². The Kier molecular flexibility index (Phi) is 5.47. The Morgan fingerprint density at radius 1 is 0.963 bits per heavy atom. The molecule has 6 nitrogen and oxygen atoms in total. The maximum Gasteiger partial charge on any atom is 0.255 e. The molecule has 27 heavy (non-hydrogen) atoms. The standard InChI is InChI=1S/C21H19N3O3/c1-14-5-8-17(23-15(2)25)12-20(14)24-21(26)16-6-9-18(10-7-16)27-19-4-3-11-22-13-19/h3-13H,1-2H3,(H,23,25)(H,24,26). The summed E-state index contributed by atoms with van der Waals surface area (Å²) in [5.74, 6) is 0.829. The molecule has 0 aliphatic rings. The normalized spacial score (nSPS) is 10.1. The van der Waals surface area contributed by atoms with Crippen molar-refractivity contribution in [1.82, 2.24) is 4.98 Å². The van der Waals surface area contributed by atoms with E-state index < -0.39 is 0 Å². The molecule has 0 saturated carbocycles. The quantitative estimate of drug-likeness (QED) is 0.706. The molecule has 3 aromatic rings. The van der Waals surface area contributed by atoms with E-state index in [0.717, 1.165) is 5.56 Å². The smallest absolute Gasteiger partial charge is 0.255 e. The van der Waals surface area contributed by atoms with Gasteiger partial charge in [-0.2, -0.15) is 0 Å². The summed E-state index contributed by atoms with van der Waals surface area (Å²) in [7, 11) is 0. The van der Waals surface area contributed by atoms with Crippen LogP contribution in [0.5, 0.6) is 11.5 Å². The highest BCUT2D eigenvalue weighted by atomic mass is 16.5. The lowest BCUT2D eigenvalue weighted by molar-refractivity contribution is -0.114. The monoisotopic (exact) mass is 361 g/mol. The third-order valence-corrected chi connectivity index (χ3v) is 3.79. The van der Waals surface area contributed by atoms with Crippen LogP contribution in [0.1, 0.15) is 22.8 Å². The lowest BCUT2D eigenvalue weighted by atomic mass is 10.1. The van der Waals surface area contributed by atoms with Gasteiger partial charge in [0.1, 0.15) is 11.5 Å². The Morgan fingerprint density at radius 3 is 2.41 bits per heavy atom. The topological polar surface area (TPSA) is 80.3 Å². The van der Waals surface area contributed by atoms with Crippen molar-refractivity contribution in [2.24, 2.45) is 0 Å². The average Bonchev–Trinajstić information content (AvgIpc) is 2.65. The van der Waals surface area contributed by atoms with E-state index in [-0.39, 0.29) is 11.8 Å². The van der Waals surface area contributed by atoms with E-state index in [4.69, 9.17) is 4.74 Å². The summed E-state index contributed by atoms with van der Waals surface area (Å²) in [5, 5.41) is 5.57. The highest BCUT2D eigenvalue weighted by molar-refractivity contribution is 6.05. The summed E-state index contributed by atoms with van der Waals surface area (Å²) in [6.45, 7) is 3.32. The van der Waals surface area contributed by atoms with Crippen molar-refractivity contribution in [3.05, 3.63) is 78.1 Å². The first-order valence-electron chi connectivity index (χ1n) is 8.39. The number of carbonyl (C=O) groups is 2. The van der Waals surface area contributed by atoms with Gasteiger partial charge in [0.2, 0.25) is 5.91 Å². The molecule has 2 aromatic carbocycles. The van der Waals surface area contributed by atoms with E-state index >= 15 is 0 Å². The van der Waals surface area contributed by atoms with Crippen molar-refractivity contribution in [1.29, 1.82) is 0 Å². The molecular weight excluding hydrogens is 342 g/mol. The number of aryl methyl sites for hydroxylation is 1. The van der Waals surface area contributed by atoms with Crippen molar-refractivity contribution in [2.45, 2.75) is 13.8 Å². The second kappa shape index (κ2) is 8.14. The van der Waals surface area contributed by atoms with Gasteiger partial charge in [-0.3, -0.25) is 14.6 Å². The molecule has 0 radical (unpaired) electrons. The molecule has 2 N–H and O–H groups in total. The first kappa shape index (κ1) is 18.1. The minimum absolute atomic E-state index is 0.166. The number of hydrogen-bond donors (Lipinski definition) is 2. The molecule has 3 rings (SSSR count). The van der Waals surface area contributed by atoms with Gasteiger partial charge >= 0.3 is 0 Å². The lowest BCUT2D eigenvalue weighted by Crippen LogP contribution is -2.13. The van der Waals surface area contributed by atoms with Gasteiger partial charge in [0.15, 0.2) is 0 Å². The molecule has 0 aliphatic carbocycles. The highest BCUT2D eigenvalue weighted by Gasteiger charge is 2.09. The summed E-state index contributed by atoms with van der Waals surface area (Å²) >= 11 is 0. The minimum atomic E-state index is -0.244. The van der Waals surface area contributed by atoms with Crippen LogP contribution in [0.15, 0.2) is 67.0 Å². The van der Waals surface area contributed by atoms with E-state index in [2.05, 4.69) is 15.6 Å². The van der Waals surface area contributed by atoms with Crippen LogP contribution in [-0.4, -0.2) is 16.8 Å². The van der Waals surface area contributed by atoms with Gasteiger partial charge < -0.3 is 15.4 Å². The first-order valence-corrected chi connectivity index (χ1v) is 8.39. The first-order chi connectivity index (χ1) is 13.0. The van der Waals surface area contributed by atoms with Crippen LogP contribution in [0.2, 0.25) is 0 Å². The largest absolute Gasteiger partial charge is 0.456 e. The second-order valence-electron chi connectivity index (χ2n) is 5.98. The Balaban J connectivity index is 1.70. The molecule has 0 atom stereocenters. The van der Waals surface area contributed by atoms with Gasteiger partial charge in [0, 0.05) is 30.1 Å². The molecule has 0 saturated heterocycles. The molecule has 1 heterocycles. The maximum absolute atomic E-state index is 12.5. The highest BCUT2D eigenvalue weighted by Crippen LogP contribution is 2.23. The number of benzene rings is 2. The van der Waals surface area contributed by atoms with Gasteiger partial charge in [0.25, 0.3) is 5.91 Å². The number of aromatic nitrogens is 1. The van der Waals surface area contributed by atoms with Crippen molar-refractivity contribution < 1.29 is 14.3 Å². The zero-order valence-electron chi connectivity index (χ0n) is 15.0. The fourth-order valence-electron chi connectivity index (χ4n) is 2.45.